The second-order valence-electron chi connectivity index (χ2n) is 11.5. The van der Waals surface area contributed by atoms with Crippen molar-refractivity contribution in [3.8, 4) is 10.4 Å². The molecule has 0 radical (unpaired) electrons. The van der Waals surface area contributed by atoms with Gasteiger partial charge in [-0.1, -0.05) is 0 Å². The molecule has 0 unspecified atom stereocenters. The van der Waals surface area contributed by atoms with Gasteiger partial charge in [-0.2, -0.15) is 26.3 Å². The van der Waals surface area contributed by atoms with Gasteiger partial charge in [-0.05, 0) is 64.9 Å². The van der Waals surface area contributed by atoms with Gasteiger partial charge >= 0.3 is 12.4 Å². The molecule has 2 aromatic heterocycles. The Morgan fingerprint density at radius 1 is 1.10 bits per heavy atom. The van der Waals surface area contributed by atoms with Gasteiger partial charge in [0.1, 0.15) is 17.1 Å². The number of pyridine rings is 1. The zero-order valence-electron chi connectivity index (χ0n) is 22.2. The number of thiazole rings is 1. The number of aliphatic hydroxyl groups is 1. The number of hydrogen-bond acceptors (Lipinski definition) is 7. The quantitative estimate of drug-likeness (QED) is 0.366. The molecule has 224 valence electrons. The molecule has 3 fully saturated rings. The first-order chi connectivity index (χ1) is 19.0. The maximum absolute atomic E-state index is 14.4. The van der Waals surface area contributed by atoms with Crippen LogP contribution in [0.25, 0.3) is 10.4 Å². The van der Waals surface area contributed by atoms with E-state index in [2.05, 4.69) is 20.6 Å². The van der Waals surface area contributed by atoms with E-state index >= 15 is 0 Å². The van der Waals surface area contributed by atoms with Crippen LogP contribution in [0.5, 0.6) is 0 Å². The van der Waals surface area contributed by atoms with E-state index < -0.39 is 52.3 Å². The molecule has 0 spiro atoms. The van der Waals surface area contributed by atoms with E-state index in [1.807, 2.05) is 0 Å². The summed E-state index contributed by atoms with van der Waals surface area (Å²) in [5, 5.41) is 14.3. The lowest BCUT2D eigenvalue weighted by atomic mass is 9.76. The fourth-order valence-electron chi connectivity index (χ4n) is 5.68. The first-order valence-electron chi connectivity index (χ1n) is 13.3. The molecule has 0 aromatic carbocycles. The number of carbonyl (C=O) groups is 2. The Labute approximate surface area is 235 Å². The molecule has 8 nitrogen and oxygen atoms in total. The number of amides is 2. The van der Waals surface area contributed by atoms with E-state index in [0.29, 0.717) is 17.4 Å². The molecule has 2 aliphatic heterocycles. The second-order valence-corrected chi connectivity index (χ2v) is 12.5. The van der Waals surface area contributed by atoms with E-state index in [-0.39, 0.29) is 53.5 Å². The van der Waals surface area contributed by atoms with Crippen LogP contribution < -0.4 is 10.6 Å². The number of fused-ring (bicyclic) bond motifs is 2. The first-order valence-corrected chi connectivity index (χ1v) is 14.1. The second kappa shape index (κ2) is 10.1. The van der Waals surface area contributed by atoms with Crippen molar-refractivity contribution in [3.05, 3.63) is 28.5 Å². The van der Waals surface area contributed by atoms with Crippen LogP contribution in [0, 0.1) is 0 Å². The molecule has 2 amide bonds. The Bertz CT molecular complexity index is 1330. The monoisotopic (exact) mass is 605 g/mol. The first kappa shape index (κ1) is 29.5. The molecular weight excluding hydrogens is 576 g/mol. The average molecular weight is 606 g/mol. The normalized spacial score (nSPS) is 22.0. The van der Waals surface area contributed by atoms with Crippen molar-refractivity contribution in [1.82, 2.24) is 20.2 Å². The van der Waals surface area contributed by atoms with E-state index in [9.17, 15) is 41.0 Å². The number of nitrogens with zero attached hydrogens (tertiary/aromatic N) is 3. The molecular formula is C26H29F6N5O3S. The third kappa shape index (κ3) is 5.62. The molecule has 1 aliphatic carbocycles. The van der Waals surface area contributed by atoms with Crippen molar-refractivity contribution in [1.29, 1.82) is 0 Å². The van der Waals surface area contributed by atoms with Crippen molar-refractivity contribution >= 4 is 29.0 Å². The van der Waals surface area contributed by atoms with E-state index in [1.165, 1.54) is 13.8 Å². The lowest BCUT2D eigenvalue weighted by molar-refractivity contribution is -0.198. The third-order valence-corrected chi connectivity index (χ3v) is 9.05. The van der Waals surface area contributed by atoms with Crippen LogP contribution in [0.4, 0.5) is 32.2 Å². The van der Waals surface area contributed by atoms with Crippen LogP contribution in [0.3, 0.4) is 0 Å². The highest BCUT2D eigenvalue weighted by Crippen LogP contribution is 2.48. The number of nitrogens with one attached hydrogen (secondary N) is 2. The standard InChI is InChI=1S/C26H29F6N5O3S/c1-23(2,40)12-34-20(38)21-35-18(22(39)37-13-4-5-14(37)7-6-13)19(41-21)15-11-33-17(10-16(15)25(27,28)29)36-24(8-3-9-24)26(30,31)32/h10-11,13-14,40H,3-9,12H2,1-2H3,(H,33,36)(H,34,38). The highest BCUT2D eigenvalue weighted by molar-refractivity contribution is 7.17. The van der Waals surface area contributed by atoms with Gasteiger partial charge in [0, 0.05) is 30.4 Å². The molecule has 2 saturated heterocycles. The average Bonchev–Trinajstić information content (AvgIpc) is 3.57. The number of alkyl halides is 6. The largest absolute Gasteiger partial charge is 0.417 e. The van der Waals surface area contributed by atoms with Crippen molar-refractivity contribution in [3.63, 3.8) is 0 Å². The minimum atomic E-state index is -5.03. The lowest BCUT2D eigenvalue weighted by Crippen LogP contribution is -2.57. The lowest BCUT2D eigenvalue weighted by Gasteiger charge is -2.44. The topological polar surface area (TPSA) is 107 Å². The maximum atomic E-state index is 14.4. The van der Waals surface area contributed by atoms with E-state index in [0.717, 1.165) is 31.9 Å². The Morgan fingerprint density at radius 3 is 2.20 bits per heavy atom. The van der Waals surface area contributed by atoms with Crippen molar-refractivity contribution in [2.75, 3.05) is 11.9 Å². The summed E-state index contributed by atoms with van der Waals surface area (Å²) in [6.45, 7) is 2.71. The van der Waals surface area contributed by atoms with E-state index in [4.69, 9.17) is 0 Å². The fraction of sp³-hybridized carbons (Fsp3) is 0.615. The van der Waals surface area contributed by atoms with Crippen molar-refractivity contribution in [2.24, 2.45) is 0 Å². The van der Waals surface area contributed by atoms with E-state index in [1.54, 1.807) is 4.90 Å². The third-order valence-electron chi connectivity index (χ3n) is 7.96. The Morgan fingerprint density at radius 2 is 1.71 bits per heavy atom. The van der Waals surface area contributed by atoms with Crippen molar-refractivity contribution < 1.29 is 41.0 Å². The predicted octanol–water partition coefficient (Wildman–Crippen LogP) is 5.39. The van der Waals surface area contributed by atoms with Gasteiger partial charge in [-0.25, -0.2) is 9.97 Å². The summed E-state index contributed by atoms with van der Waals surface area (Å²) in [6.07, 6.45) is -6.25. The SMILES string of the molecule is CC(C)(O)CNC(=O)c1nc(C(=O)N2C3CCC2CC3)c(-c2cnc(NC3(C(F)(F)F)CCC3)cc2C(F)(F)F)s1. The van der Waals surface area contributed by atoms with Crippen LogP contribution in [0.2, 0.25) is 0 Å². The number of rotatable bonds is 7. The number of halogens is 6. The maximum Gasteiger partial charge on any atom is 0.417 e. The van der Waals surface area contributed by atoms with Crippen LogP contribution in [0.1, 0.15) is 84.6 Å². The summed E-state index contributed by atoms with van der Waals surface area (Å²) < 4.78 is 84.1. The summed E-state index contributed by atoms with van der Waals surface area (Å²) in [5.74, 6) is -2.00. The summed E-state index contributed by atoms with van der Waals surface area (Å²) >= 11 is 0.558. The van der Waals surface area contributed by atoms with Gasteiger partial charge in [0.15, 0.2) is 5.01 Å². The molecule has 3 aliphatic rings. The smallest absolute Gasteiger partial charge is 0.389 e. The highest BCUT2D eigenvalue weighted by atomic mass is 32.1. The van der Waals surface area contributed by atoms with Gasteiger partial charge in [0.2, 0.25) is 0 Å². The fourth-order valence-corrected chi connectivity index (χ4v) is 6.68. The summed E-state index contributed by atoms with van der Waals surface area (Å²) in [5.41, 5.74) is -5.87. The van der Waals surface area contributed by atoms with Crippen LogP contribution in [-0.2, 0) is 6.18 Å². The molecule has 2 bridgehead atoms. The van der Waals surface area contributed by atoms with Gasteiger partial charge < -0.3 is 20.6 Å². The van der Waals surface area contributed by atoms with Crippen molar-refractivity contribution in [2.45, 2.75) is 94.4 Å². The highest BCUT2D eigenvalue weighted by Gasteiger charge is 2.58. The molecule has 3 N–H and O–H groups in total. The zero-order valence-corrected chi connectivity index (χ0v) is 23.1. The molecule has 41 heavy (non-hydrogen) atoms. The van der Waals surface area contributed by atoms with Crippen LogP contribution >= 0.6 is 11.3 Å². The molecule has 15 heteroatoms. The van der Waals surface area contributed by atoms with Gasteiger partial charge in [-0.15, -0.1) is 11.3 Å². The summed E-state index contributed by atoms with van der Waals surface area (Å²) in [6, 6.07) is 0.340. The summed E-state index contributed by atoms with van der Waals surface area (Å²) in [7, 11) is 0. The van der Waals surface area contributed by atoms with Crippen LogP contribution in [0.15, 0.2) is 12.3 Å². The van der Waals surface area contributed by atoms with Gasteiger partial charge in [0.05, 0.1) is 16.0 Å². The minimum absolute atomic E-state index is 0.0812. The molecule has 2 aromatic rings. The number of carbonyl (C=O) groups excluding carboxylic acids is 2. The molecule has 5 rings (SSSR count). The molecule has 0 atom stereocenters. The number of aromatic nitrogens is 2. The molecule has 4 heterocycles. The summed E-state index contributed by atoms with van der Waals surface area (Å²) in [4.78, 5) is 35.9. The van der Waals surface area contributed by atoms with Crippen LogP contribution in [-0.4, -0.2) is 67.7 Å². The Hall–Kier alpha value is -2.94. The number of anilines is 1. The predicted molar refractivity (Wildman–Crippen MR) is 137 cm³/mol. The minimum Gasteiger partial charge on any atom is -0.389 e. The Kier molecular flexibility index (Phi) is 7.28. The zero-order chi connectivity index (χ0) is 30.0. The Balaban J connectivity index is 1.57. The number of hydrogen-bond donors (Lipinski definition) is 3. The van der Waals surface area contributed by atoms with Gasteiger partial charge in [-0.3, -0.25) is 9.59 Å². The van der Waals surface area contributed by atoms with Gasteiger partial charge in [0.25, 0.3) is 11.8 Å². The molecule has 1 saturated carbocycles.